The molecule has 1 aromatic carbocycles. The highest BCUT2D eigenvalue weighted by molar-refractivity contribution is 5.93. The number of aliphatic hydroxyl groups is 1. The van der Waals surface area contributed by atoms with E-state index in [1.807, 2.05) is 38.1 Å². The summed E-state index contributed by atoms with van der Waals surface area (Å²) in [6.07, 6.45) is 0.511. The molecule has 0 fully saturated rings. The molecule has 1 atom stereocenters. The largest absolute Gasteiger partial charge is 0.466 e. The molecule has 1 amide bonds. The summed E-state index contributed by atoms with van der Waals surface area (Å²) >= 11 is 0. The summed E-state index contributed by atoms with van der Waals surface area (Å²) in [7, 11) is 0. The third kappa shape index (κ3) is 2.23. The molecule has 1 aromatic heterocycles. The maximum Gasteiger partial charge on any atom is 0.224 e. The van der Waals surface area contributed by atoms with Gasteiger partial charge in [-0.25, -0.2) is 0 Å². The molecule has 2 heterocycles. The molecule has 3 rings (SSSR count). The number of amides is 1. The first-order valence-corrected chi connectivity index (χ1v) is 6.72. The van der Waals surface area contributed by atoms with Gasteiger partial charge in [0.2, 0.25) is 5.91 Å². The second-order valence-electron chi connectivity index (χ2n) is 5.24. The fourth-order valence-corrected chi connectivity index (χ4v) is 2.67. The number of fused-ring (bicyclic) bond motifs is 1. The first-order valence-electron chi connectivity index (χ1n) is 6.72. The van der Waals surface area contributed by atoms with Crippen LogP contribution in [-0.2, 0) is 11.2 Å². The summed E-state index contributed by atoms with van der Waals surface area (Å²) in [6, 6.07) is 7.52. The van der Waals surface area contributed by atoms with E-state index in [0.29, 0.717) is 12.8 Å². The summed E-state index contributed by atoms with van der Waals surface area (Å²) in [5.74, 6) is 1.58. The van der Waals surface area contributed by atoms with Gasteiger partial charge in [-0.2, -0.15) is 0 Å². The third-order valence-corrected chi connectivity index (χ3v) is 3.71. The number of carbonyl (C=O) groups excluding carboxylic acids is 1. The highest BCUT2D eigenvalue weighted by Gasteiger charge is 2.20. The van der Waals surface area contributed by atoms with Gasteiger partial charge < -0.3 is 14.8 Å². The van der Waals surface area contributed by atoms with Crippen LogP contribution in [0.2, 0.25) is 0 Å². The van der Waals surface area contributed by atoms with Gasteiger partial charge in [0, 0.05) is 17.7 Å². The van der Waals surface area contributed by atoms with Crippen LogP contribution in [0, 0.1) is 13.8 Å². The molecule has 104 valence electrons. The van der Waals surface area contributed by atoms with Gasteiger partial charge in [-0.1, -0.05) is 12.1 Å². The van der Waals surface area contributed by atoms with Gasteiger partial charge in [-0.3, -0.25) is 4.79 Å². The van der Waals surface area contributed by atoms with Crippen molar-refractivity contribution in [3.05, 3.63) is 52.5 Å². The Balaban J connectivity index is 1.95. The van der Waals surface area contributed by atoms with Gasteiger partial charge in [-0.05, 0) is 43.5 Å². The molecule has 0 aliphatic carbocycles. The SMILES string of the molecule is Cc1cc(C(O)c2ccc3c(c2)CCC(=O)N3)c(C)o1. The monoisotopic (exact) mass is 271 g/mol. The number of anilines is 1. The minimum atomic E-state index is -0.699. The second-order valence-corrected chi connectivity index (χ2v) is 5.24. The number of hydrogen-bond acceptors (Lipinski definition) is 3. The Labute approximate surface area is 117 Å². The van der Waals surface area contributed by atoms with Crippen molar-refractivity contribution in [2.24, 2.45) is 0 Å². The van der Waals surface area contributed by atoms with Crippen molar-refractivity contribution in [1.82, 2.24) is 0 Å². The van der Waals surface area contributed by atoms with Crippen LogP contribution in [0.15, 0.2) is 28.7 Å². The zero-order valence-electron chi connectivity index (χ0n) is 11.6. The van der Waals surface area contributed by atoms with Crippen molar-refractivity contribution in [3.8, 4) is 0 Å². The molecule has 4 heteroatoms. The standard InChI is InChI=1S/C16H17NO3/c1-9-7-13(10(2)20-9)16(19)12-3-5-14-11(8-12)4-6-15(18)17-14/h3,5,7-8,16,19H,4,6H2,1-2H3,(H,17,18). The number of rotatable bonds is 2. The molecular formula is C16H17NO3. The normalized spacial score (nSPS) is 15.7. The van der Waals surface area contributed by atoms with Crippen LogP contribution in [0.1, 0.15) is 40.7 Å². The van der Waals surface area contributed by atoms with Gasteiger partial charge in [0.1, 0.15) is 17.6 Å². The number of hydrogen-bond donors (Lipinski definition) is 2. The Morgan fingerprint density at radius 1 is 1.25 bits per heavy atom. The highest BCUT2D eigenvalue weighted by atomic mass is 16.3. The van der Waals surface area contributed by atoms with Crippen molar-refractivity contribution in [2.75, 3.05) is 5.32 Å². The Bertz CT molecular complexity index is 672. The van der Waals surface area contributed by atoms with Crippen molar-refractivity contribution in [1.29, 1.82) is 0 Å². The number of nitrogens with one attached hydrogen (secondary N) is 1. The van der Waals surface area contributed by atoms with Crippen molar-refractivity contribution in [2.45, 2.75) is 32.8 Å². The van der Waals surface area contributed by atoms with Crippen molar-refractivity contribution in [3.63, 3.8) is 0 Å². The van der Waals surface area contributed by atoms with E-state index in [1.165, 1.54) is 0 Å². The fourth-order valence-electron chi connectivity index (χ4n) is 2.67. The van der Waals surface area contributed by atoms with Gasteiger partial charge >= 0.3 is 0 Å². The van der Waals surface area contributed by atoms with E-state index in [4.69, 9.17) is 4.42 Å². The number of carbonyl (C=O) groups is 1. The lowest BCUT2D eigenvalue weighted by Gasteiger charge is -2.19. The molecule has 0 bridgehead atoms. The van der Waals surface area contributed by atoms with E-state index in [1.54, 1.807) is 0 Å². The van der Waals surface area contributed by atoms with Crippen LogP contribution in [0.5, 0.6) is 0 Å². The lowest BCUT2D eigenvalue weighted by molar-refractivity contribution is -0.116. The first kappa shape index (κ1) is 12.9. The zero-order valence-corrected chi connectivity index (χ0v) is 11.6. The highest BCUT2D eigenvalue weighted by Crippen LogP contribution is 2.31. The van der Waals surface area contributed by atoms with E-state index in [9.17, 15) is 9.90 Å². The Morgan fingerprint density at radius 3 is 2.75 bits per heavy atom. The van der Waals surface area contributed by atoms with Crippen LogP contribution >= 0.6 is 0 Å². The van der Waals surface area contributed by atoms with E-state index in [0.717, 1.165) is 33.9 Å². The Hall–Kier alpha value is -2.07. The minimum absolute atomic E-state index is 0.0482. The average Bonchev–Trinajstić information content (AvgIpc) is 2.76. The number of aryl methyl sites for hydroxylation is 3. The molecule has 0 saturated heterocycles. The topological polar surface area (TPSA) is 62.5 Å². The second kappa shape index (κ2) is 4.80. The molecule has 4 nitrogen and oxygen atoms in total. The van der Waals surface area contributed by atoms with Crippen molar-refractivity contribution < 1.29 is 14.3 Å². The maximum absolute atomic E-state index is 11.3. The molecule has 1 aliphatic heterocycles. The molecule has 1 aliphatic rings. The lowest BCUT2D eigenvalue weighted by atomic mass is 9.95. The van der Waals surface area contributed by atoms with Crippen LogP contribution in [0.3, 0.4) is 0 Å². The molecule has 0 spiro atoms. The predicted octanol–water partition coefficient (Wildman–Crippen LogP) is 2.86. The molecule has 20 heavy (non-hydrogen) atoms. The van der Waals surface area contributed by atoms with E-state index in [-0.39, 0.29) is 5.91 Å². The number of benzene rings is 1. The van der Waals surface area contributed by atoms with E-state index < -0.39 is 6.10 Å². The van der Waals surface area contributed by atoms with Crippen LogP contribution in [-0.4, -0.2) is 11.0 Å². The van der Waals surface area contributed by atoms with Crippen LogP contribution < -0.4 is 5.32 Å². The number of aliphatic hydroxyl groups excluding tert-OH is 1. The predicted molar refractivity (Wildman–Crippen MR) is 75.6 cm³/mol. The first-order chi connectivity index (χ1) is 9.54. The van der Waals surface area contributed by atoms with Gasteiger partial charge in [0.25, 0.3) is 0 Å². The lowest BCUT2D eigenvalue weighted by Crippen LogP contribution is -2.19. The molecular weight excluding hydrogens is 254 g/mol. The molecule has 1 unspecified atom stereocenters. The third-order valence-electron chi connectivity index (χ3n) is 3.71. The van der Waals surface area contributed by atoms with Crippen LogP contribution in [0.4, 0.5) is 5.69 Å². The Morgan fingerprint density at radius 2 is 2.05 bits per heavy atom. The average molecular weight is 271 g/mol. The summed E-state index contributed by atoms with van der Waals surface area (Å²) in [5, 5.41) is 13.3. The Kier molecular flexibility index (Phi) is 3.10. The number of furan rings is 1. The summed E-state index contributed by atoms with van der Waals surface area (Å²) in [6.45, 7) is 3.72. The van der Waals surface area contributed by atoms with Crippen molar-refractivity contribution >= 4 is 11.6 Å². The molecule has 0 radical (unpaired) electrons. The van der Waals surface area contributed by atoms with E-state index >= 15 is 0 Å². The van der Waals surface area contributed by atoms with Gasteiger partial charge in [-0.15, -0.1) is 0 Å². The molecule has 0 saturated carbocycles. The summed E-state index contributed by atoms with van der Waals surface area (Å²) in [5.41, 5.74) is 3.53. The maximum atomic E-state index is 11.3. The summed E-state index contributed by atoms with van der Waals surface area (Å²) < 4.78 is 5.47. The van der Waals surface area contributed by atoms with Gasteiger partial charge in [0.15, 0.2) is 0 Å². The smallest absolute Gasteiger partial charge is 0.224 e. The molecule has 2 aromatic rings. The molecule has 2 N–H and O–H groups in total. The zero-order chi connectivity index (χ0) is 14.3. The van der Waals surface area contributed by atoms with Crippen LogP contribution in [0.25, 0.3) is 0 Å². The fraction of sp³-hybridized carbons (Fsp3) is 0.312. The summed E-state index contributed by atoms with van der Waals surface area (Å²) in [4.78, 5) is 11.3. The van der Waals surface area contributed by atoms with E-state index in [2.05, 4.69) is 5.32 Å². The minimum Gasteiger partial charge on any atom is -0.466 e. The quantitative estimate of drug-likeness (QED) is 0.882. The van der Waals surface area contributed by atoms with Gasteiger partial charge in [0.05, 0.1) is 0 Å².